The molecule has 3 nitrogen and oxygen atoms in total. The van der Waals surface area contributed by atoms with E-state index in [9.17, 15) is 4.79 Å². The lowest BCUT2D eigenvalue weighted by Crippen LogP contribution is -2.30. The standard InChI is InChI=1S/C19H23ClN2O/c1-19(2,3)14-7-11-16(12-8-14)22-18(23)17(21-4)13-5-9-15(20)10-6-13/h5-12,17,21H,1-4H3,(H,22,23)/t17-/m0/s1. The number of carbonyl (C=O) groups excluding carboxylic acids is 1. The summed E-state index contributed by atoms with van der Waals surface area (Å²) in [5.41, 5.74) is 3.00. The van der Waals surface area contributed by atoms with Crippen molar-refractivity contribution in [3.05, 3.63) is 64.7 Å². The normalized spacial score (nSPS) is 12.7. The maximum Gasteiger partial charge on any atom is 0.246 e. The third-order valence-electron chi connectivity index (χ3n) is 3.77. The quantitative estimate of drug-likeness (QED) is 0.864. The SMILES string of the molecule is CN[C@H](C(=O)Nc1ccc(C(C)(C)C)cc1)c1ccc(Cl)cc1. The lowest BCUT2D eigenvalue weighted by atomic mass is 9.87. The van der Waals surface area contributed by atoms with Crippen LogP contribution in [0.15, 0.2) is 48.5 Å². The van der Waals surface area contributed by atoms with Crippen LogP contribution < -0.4 is 10.6 Å². The van der Waals surface area contributed by atoms with Gasteiger partial charge in [-0.25, -0.2) is 0 Å². The van der Waals surface area contributed by atoms with E-state index in [1.54, 1.807) is 19.2 Å². The molecule has 0 aliphatic carbocycles. The number of amides is 1. The zero-order valence-electron chi connectivity index (χ0n) is 14.0. The molecule has 1 amide bonds. The molecule has 0 aromatic heterocycles. The summed E-state index contributed by atoms with van der Waals surface area (Å²) in [5.74, 6) is -0.0988. The van der Waals surface area contributed by atoms with E-state index in [4.69, 9.17) is 11.6 Å². The van der Waals surface area contributed by atoms with Gasteiger partial charge >= 0.3 is 0 Å². The number of hydrogen-bond acceptors (Lipinski definition) is 2. The summed E-state index contributed by atoms with van der Waals surface area (Å²) in [6, 6.07) is 14.8. The van der Waals surface area contributed by atoms with Gasteiger partial charge in [0.25, 0.3) is 0 Å². The first kappa shape index (κ1) is 17.5. The highest BCUT2D eigenvalue weighted by Crippen LogP contribution is 2.24. The third kappa shape index (κ3) is 4.57. The molecule has 1 atom stereocenters. The van der Waals surface area contributed by atoms with E-state index < -0.39 is 6.04 Å². The molecular formula is C19H23ClN2O. The van der Waals surface area contributed by atoms with Crippen LogP contribution in [-0.4, -0.2) is 13.0 Å². The molecule has 0 saturated heterocycles. The first-order valence-electron chi connectivity index (χ1n) is 7.65. The Labute approximate surface area is 143 Å². The minimum absolute atomic E-state index is 0.0966. The summed E-state index contributed by atoms with van der Waals surface area (Å²) in [6.07, 6.45) is 0. The van der Waals surface area contributed by atoms with Gasteiger partial charge in [-0.3, -0.25) is 4.79 Å². The molecule has 0 heterocycles. The number of rotatable bonds is 4. The molecule has 0 fully saturated rings. The number of nitrogens with one attached hydrogen (secondary N) is 2. The number of hydrogen-bond donors (Lipinski definition) is 2. The van der Waals surface area contributed by atoms with Gasteiger partial charge in [0, 0.05) is 10.7 Å². The second kappa shape index (κ2) is 7.16. The molecule has 0 bridgehead atoms. The van der Waals surface area contributed by atoms with Gasteiger partial charge in [-0.1, -0.05) is 56.6 Å². The Bertz CT molecular complexity index is 657. The van der Waals surface area contributed by atoms with Crippen LogP contribution in [-0.2, 0) is 10.2 Å². The van der Waals surface area contributed by atoms with Crippen LogP contribution >= 0.6 is 11.6 Å². The zero-order chi connectivity index (χ0) is 17.0. The molecular weight excluding hydrogens is 308 g/mol. The van der Waals surface area contributed by atoms with Crippen LogP contribution in [0.3, 0.4) is 0 Å². The first-order chi connectivity index (χ1) is 10.8. The van der Waals surface area contributed by atoms with E-state index in [1.807, 2.05) is 36.4 Å². The number of benzene rings is 2. The molecule has 2 aromatic rings. The van der Waals surface area contributed by atoms with Crippen LogP contribution in [0.1, 0.15) is 37.9 Å². The highest BCUT2D eigenvalue weighted by atomic mass is 35.5. The molecule has 4 heteroatoms. The second-order valence-corrected chi connectivity index (χ2v) is 7.03. The predicted octanol–water partition coefficient (Wildman–Crippen LogP) is 4.54. The summed E-state index contributed by atoms with van der Waals surface area (Å²) in [6.45, 7) is 6.49. The van der Waals surface area contributed by atoms with E-state index in [2.05, 4.69) is 31.4 Å². The van der Waals surface area contributed by atoms with Crippen molar-refractivity contribution in [1.82, 2.24) is 5.32 Å². The maximum absolute atomic E-state index is 12.5. The Morgan fingerprint density at radius 3 is 2.04 bits per heavy atom. The van der Waals surface area contributed by atoms with Crippen molar-refractivity contribution in [2.24, 2.45) is 0 Å². The van der Waals surface area contributed by atoms with Crippen molar-refractivity contribution < 1.29 is 4.79 Å². The van der Waals surface area contributed by atoms with Crippen molar-refractivity contribution in [1.29, 1.82) is 0 Å². The highest BCUT2D eigenvalue weighted by molar-refractivity contribution is 6.30. The fourth-order valence-electron chi connectivity index (χ4n) is 2.37. The predicted molar refractivity (Wildman–Crippen MR) is 97.0 cm³/mol. The molecule has 0 saturated carbocycles. The molecule has 2 N–H and O–H groups in total. The van der Waals surface area contributed by atoms with Gasteiger partial charge < -0.3 is 10.6 Å². The summed E-state index contributed by atoms with van der Waals surface area (Å²) < 4.78 is 0. The monoisotopic (exact) mass is 330 g/mol. The molecule has 122 valence electrons. The maximum atomic E-state index is 12.5. The van der Waals surface area contributed by atoms with Crippen LogP contribution in [0.25, 0.3) is 0 Å². The van der Waals surface area contributed by atoms with Crippen molar-refractivity contribution in [2.45, 2.75) is 32.2 Å². The number of halogens is 1. The van der Waals surface area contributed by atoms with Crippen LogP contribution in [0.2, 0.25) is 5.02 Å². The summed E-state index contributed by atoms with van der Waals surface area (Å²) in [7, 11) is 1.77. The van der Waals surface area contributed by atoms with E-state index in [0.29, 0.717) is 5.02 Å². The molecule has 0 aliphatic heterocycles. The highest BCUT2D eigenvalue weighted by Gasteiger charge is 2.19. The van der Waals surface area contributed by atoms with E-state index in [0.717, 1.165) is 11.3 Å². The van der Waals surface area contributed by atoms with Crippen molar-refractivity contribution >= 4 is 23.2 Å². The van der Waals surface area contributed by atoms with Gasteiger partial charge in [-0.2, -0.15) is 0 Å². The average molecular weight is 331 g/mol. The average Bonchev–Trinajstić information content (AvgIpc) is 2.49. The Balaban J connectivity index is 2.12. The van der Waals surface area contributed by atoms with Crippen molar-refractivity contribution in [2.75, 3.05) is 12.4 Å². The smallest absolute Gasteiger partial charge is 0.246 e. The number of carbonyl (C=O) groups is 1. The van der Waals surface area contributed by atoms with Gasteiger partial charge in [-0.05, 0) is 47.9 Å². The molecule has 0 aliphatic rings. The Morgan fingerprint density at radius 2 is 1.57 bits per heavy atom. The number of likely N-dealkylation sites (N-methyl/N-ethyl adjacent to an activating group) is 1. The molecule has 0 radical (unpaired) electrons. The van der Waals surface area contributed by atoms with Gasteiger partial charge in [-0.15, -0.1) is 0 Å². The summed E-state index contributed by atoms with van der Waals surface area (Å²) in [4.78, 5) is 12.5. The molecule has 0 spiro atoms. The fourth-order valence-corrected chi connectivity index (χ4v) is 2.50. The van der Waals surface area contributed by atoms with Crippen molar-refractivity contribution in [3.63, 3.8) is 0 Å². The van der Waals surface area contributed by atoms with Gasteiger partial charge in [0.2, 0.25) is 5.91 Å². The van der Waals surface area contributed by atoms with E-state index in [1.165, 1.54) is 5.56 Å². The van der Waals surface area contributed by atoms with Crippen LogP contribution in [0.4, 0.5) is 5.69 Å². The topological polar surface area (TPSA) is 41.1 Å². The molecule has 23 heavy (non-hydrogen) atoms. The Kier molecular flexibility index (Phi) is 5.45. The van der Waals surface area contributed by atoms with Crippen LogP contribution in [0, 0.1) is 0 Å². The van der Waals surface area contributed by atoms with Gasteiger partial charge in [0.15, 0.2) is 0 Å². The first-order valence-corrected chi connectivity index (χ1v) is 8.03. The van der Waals surface area contributed by atoms with E-state index >= 15 is 0 Å². The zero-order valence-corrected chi connectivity index (χ0v) is 14.7. The summed E-state index contributed by atoms with van der Waals surface area (Å²) in [5, 5.41) is 6.64. The lowest BCUT2D eigenvalue weighted by molar-refractivity contribution is -0.118. The second-order valence-electron chi connectivity index (χ2n) is 6.59. The van der Waals surface area contributed by atoms with Crippen molar-refractivity contribution in [3.8, 4) is 0 Å². The third-order valence-corrected chi connectivity index (χ3v) is 4.02. The van der Waals surface area contributed by atoms with Gasteiger partial charge in [0.1, 0.15) is 6.04 Å². The number of anilines is 1. The largest absolute Gasteiger partial charge is 0.324 e. The van der Waals surface area contributed by atoms with Gasteiger partial charge in [0.05, 0.1) is 0 Å². The fraction of sp³-hybridized carbons (Fsp3) is 0.316. The summed E-state index contributed by atoms with van der Waals surface area (Å²) >= 11 is 5.90. The minimum atomic E-state index is -0.422. The van der Waals surface area contributed by atoms with Crippen LogP contribution in [0.5, 0.6) is 0 Å². The Hall–Kier alpha value is -1.84. The molecule has 2 aromatic carbocycles. The van der Waals surface area contributed by atoms with E-state index in [-0.39, 0.29) is 11.3 Å². The molecule has 2 rings (SSSR count). The molecule has 0 unspecified atom stereocenters. The lowest BCUT2D eigenvalue weighted by Gasteiger charge is -2.20. The Morgan fingerprint density at radius 1 is 1.00 bits per heavy atom. The minimum Gasteiger partial charge on any atom is -0.324 e.